The summed E-state index contributed by atoms with van der Waals surface area (Å²) in [5.41, 5.74) is 1.69. The first kappa shape index (κ1) is 21.4. The Kier molecular flexibility index (Phi) is 5.69. The molecule has 5 nitrogen and oxygen atoms in total. The van der Waals surface area contributed by atoms with Gasteiger partial charge in [-0.1, -0.05) is 31.5 Å². The molecule has 4 rings (SSSR count). The molecule has 3 aliphatic heterocycles. The van der Waals surface area contributed by atoms with Crippen LogP contribution >= 0.6 is 0 Å². The Morgan fingerprint density at radius 3 is 2.27 bits per heavy atom. The third-order valence-corrected chi connectivity index (χ3v) is 7.85. The average Bonchev–Trinajstić information content (AvgIpc) is 3.20. The van der Waals surface area contributed by atoms with Crippen molar-refractivity contribution in [3.05, 3.63) is 35.4 Å². The van der Waals surface area contributed by atoms with Crippen LogP contribution in [0.4, 0.5) is 0 Å². The summed E-state index contributed by atoms with van der Waals surface area (Å²) >= 11 is 0. The van der Waals surface area contributed by atoms with Crippen LogP contribution in [0.3, 0.4) is 0 Å². The van der Waals surface area contributed by atoms with E-state index in [-0.39, 0.29) is 16.7 Å². The van der Waals surface area contributed by atoms with Crippen molar-refractivity contribution >= 4 is 11.8 Å². The van der Waals surface area contributed by atoms with Gasteiger partial charge in [0.05, 0.1) is 5.41 Å². The average molecular weight is 412 g/mol. The third kappa shape index (κ3) is 3.45. The summed E-state index contributed by atoms with van der Waals surface area (Å²) in [5, 5.41) is 0. The summed E-state index contributed by atoms with van der Waals surface area (Å²) in [6, 6.07) is 7.88. The minimum absolute atomic E-state index is 0.00689. The van der Waals surface area contributed by atoms with Crippen molar-refractivity contribution in [2.45, 2.75) is 47.0 Å². The van der Waals surface area contributed by atoms with Gasteiger partial charge in [-0.2, -0.15) is 0 Å². The standard InChI is InChI=1S/C25H37N3O2/c1-5-27-15-12-25(23(27)30)18-26(16-19(2)3)17-24(25)10-13-28(14-11-24)22(29)21-8-6-20(4)7-9-21/h6-9,19H,5,10-18H2,1-4H3/t25-/m0/s1. The van der Waals surface area contributed by atoms with Gasteiger partial charge in [-0.05, 0) is 51.2 Å². The number of piperidine rings is 1. The van der Waals surface area contributed by atoms with E-state index in [1.165, 1.54) is 5.56 Å². The number of amides is 2. The van der Waals surface area contributed by atoms with E-state index in [9.17, 15) is 9.59 Å². The Morgan fingerprint density at radius 2 is 1.70 bits per heavy atom. The molecular weight excluding hydrogens is 374 g/mol. The quantitative estimate of drug-likeness (QED) is 0.762. The molecule has 5 heteroatoms. The maximum atomic E-state index is 13.6. The fraction of sp³-hybridized carbons (Fsp3) is 0.680. The zero-order valence-corrected chi connectivity index (χ0v) is 19.1. The first-order chi connectivity index (χ1) is 14.3. The summed E-state index contributed by atoms with van der Waals surface area (Å²) in [7, 11) is 0. The van der Waals surface area contributed by atoms with Crippen LogP contribution in [-0.2, 0) is 4.79 Å². The molecular formula is C25H37N3O2. The minimum atomic E-state index is -0.253. The van der Waals surface area contributed by atoms with Crippen molar-refractivity contribution < 1.29 is 9.59 Å². The van der Waals surface area contributed by atoms with Crippen LogP contribution in [-0.4, -0.2) is 72.3 Å². The van der Waals surface area contributed by atoms with E-state index < -0.39 is 0 Å². The van der Waals surface area contributed by atoms with Gasteiger partial charge in [-0.3, -0.25) is 9.59 Å². The van der Waals surface area contributed by atoms with E-state index in [1.807, 2.05) is 36.1 Å². The van der Waals surface area contributed by atoms with Gasteiger partial charge in [0.25, 0.3) is 5.91 Å². The third-order valence-electron chi connectivity index (χ3n) is 7.85. The minimum Gasteiger partial charge on any atom is -0.342 e. The Bertz CT molecular complexity index is 795. The topological polar surface area (TPSA) is 43.9 Å². The summed E-state index contributed by atoms with van der Waals surface area (Å²) in [4.78, 5) is 33.2. The van der Waals surface area contributed by atoms with E-state index in [4.69, 9.17) is 0 Å². The zero-order valence-electron chi connectivity index (χ0n) is 19.1. The first-order valence-electron chi connectivity index (χ1n) is 11.7. The molecule has 0 bridgehead atoms. The van der Waals surface area contributed by atoms with Crippen molar-refractivity contribution in [1.29, 1.82) is 0 Å². The molecule has 3 fully saturated rings. The number of carbonyl (C=O) groups is 2. The fourth-order valence-electron chi connectivity index (χ4n) is 6.26. The maximum absolute atomic E-state index is 13.6. The summed E-state index contributed by atoms with van der Waals surface area (Å²) in [5.74, 6) is 1.10. The number of hydrogen-bond acceptors (Lipinski definition) is 3. The smallest absolute Gasteiger partial charge is 0.253 e. The summed E-state index contributed by atoms with van der Waals surface area (Å²) < 4.78 is 0. The molecule has 1 atom stereocenters. The van der Waals surface area contributed by atoms with E-state index in [0.717, 1.165) is 70.6 Å². The van der Waals surface area contributed by atoms with Crippen LogP contribution in [0.25, 0.3) is 0 Å². The molecule has 0 unspecified atom stereocenters. The number of hydrogen-bond donors (Lipinski definition) is 0. The molecule has 2 amide bonds. The highest BCUT2D eigenvalue weighted by Crippen LogP contribution is 2.57. The van der Waals surface area contributed by atoms with Gasteiger partial charge in [0.2, 0.25) is 5.91 Å². The van der Waals surface area contributed by atoms with Gasteiger partial charge < -0.3 is 14.7 Å². The van der Waals surface area contributed by atoms with Gasteiger partial charge in [-0.15, -0.1) is 0 Å². The van der Waals surface area contributed by atoms with Gasteiger partial charge in [-0.25, -0.2) is 0 Å². The van der Waals surface area contributed by atoms with Gasteiger partial charge in [0.1, 0.15) is 0 Å². The molecule has 1 aromatic carbocycles. The van der Waals surface area contributed by atoms with Crippen LogP contribution in [0.1, 0.15) is 56.0 Å². The largest absolute Gasteiger partial charge is 0.342 e. The fourth-order valence-corrected chi connectivity index (χ4v) is 6.26. The SMILES string of the molecule is CCN1CC[C@]2(CN(CC(C)C)CC23CCN(C(=O)c2ccc(C)cc2)CC3)C1=O. The molecule has 30 heavy (non-hydrogen) atoms. The number of carbonyl (C=O) groups excluding carboxylic acids is 2. The van der Waals surface area contributed by atoms with Crippen molar-refractivity contribution in [2.24, 2.45) is 16.7 Å². The van der Waals surface area contributed by atoms with Crippen molar-refractivity contribution in [2.75, 3.05) is 45.8 Å². The lowest BCUT2D eigenvalue weighted by Crippen LogP contribution is -2.53. The predicted molar refractivity (Wildman–Crippen MR) is 119 cm³/mol. The second-order valence-electron chi connectivity index (χ2n) is 10.2. The van der Waals surface area contributed by atoms with E-state index in [2.05, 4.69) is 30.6 Å². The Labute approximate surface area is 181 Å². The number of aryl methyl sites for hydroxylation is 1. The number of nitrogens with zero attached hydrogens (tertiary/aromatic N) is 3. The molecule has 0 N–H and O–H groups in total. The molecule has 1 aromatic rings. The number of likely N-dealkylation sites (tertiary alicyclic amines) is 3. The zero-order chi connectivity index (χ0) is 21.5. The lowest BCUT2D eigenvalue weighted by molar-refractivity contribution is -0.141. The van der Waals surface area contributed by atoms with Crippen LogP contribution in [0, 0.1) is 23.7 Å². The highest BCUT2D eigenvalue weighted by molar-refractivity contribution is 5.94. The van der Waals surface area contributed by atoms with E-state index in [1.54, 1.807) is 0 Å². The van der Waals surface area contributed by atoms with Gasteiger partial charge in [0, 0.05) is 56.8 Å². The lowest BCUT2D eigenvalue weighted by atomic mass is 9.60. The highest BCUT2D eigenvalue weighted by atomic mass is 16.2. The van der Waals surface area contributed by atoms with Crippen LogP contribution < -0.4 is 0 Å². The Morgan fingerprint density at radius 1 is 1.03 bits per heavy atom. The Hall–Kier alpha value is -1.88. The molecule has 0 aromatic heterocycles. The van der Waals surface area contributed by atoms with Crippen molar-refractivity contribution in [3.63, 3.8) is 0 Å². The Balaban J connectivity index is 1.54. The first-order valence-corrected chi connectivity index (χ1v) is 11.7. The van der Waals surface area contributed by atoms with Crippen molar-refractivity contribution in [1.82, 2.24) is 14.7 Å². The lowest BCUT2D eigenvalue weighted by Gasteiger charge is -2.47. The van der Waals surface area contributed by atoms with E-state index in [0.29, 0.717) is 11.8 Å². The summed E-state index contributed by atoms with van der Waals surface area (Å²) in [6.07, 6.45) is 2.84. The van der Waals surface area contributed by atoms with Gasteiger partial charge in [0.15, 0.2) is 0 Å². The maximum Gasteiger partial charge on any atom is 0.253 e. The molecule has 0 saturated carbocycles. The molecule has 0 radical (unpaired) electrons. The second kappa shape index (κ2) is 7.99. The monoisotopic (exact) mass is 411 g/mol. The van der Waals surface area contributed by atoms with Gasteiger partial charge >= 0.3 is 0 Å². The summed E-state index contributed by atoms with van der Waals surface area (Å²) in [6.45, 7) is 14.8. The molecule has 0 aliphatic carbocycles. The predicted octanol–water partition coefficient (Wildman–Crippen LogP) is 3.43. The number of benzene rings is 1. The normalized spacial score (nSPS) is 26.5. The number of fused-ring (bicyclic) bond motifs is 1. The molecule has 3 heterocycles. The van der Waals surface area contributed by atoms with Crippen LogP contribution in [0.5, 0.6) is 0 Å². The number of rotatable bonds is 4. The molecule has 3 aliphatic rings. The van der Waals surface area contributed by atoms with Crippen LogP contribution in [0.15, 0.2) is 24.3 Å². The highest BCUT2D eigenvalue weighted by Gasteiger charge is 2.64. The molecule has 2 spiro atoms. The molecule has 164 valence electrons. The molecule has 3 saturated heterocycles. The van der Waals surface area contributed by atoms with Crippen molar-refractivity contribution in [3.8, 4) is 0 Å². The second-order valence-corrected chi connectivity index (χ2v) is 10.2. The van der Waals surface area contributed by atoms with Crippen LogP contribution in [0.2, 0.25) is 0 Å². The van der Waals surface area contributed by atoms with E-state index >= 15 is 0 Å².